The van der Waals surface area contributed by atoms with Gasteiger partial charge in [-0.25, -0.2) is 4.98 Å². The third kappa shape index (κ3) is 4.98. The molecule has 2 atom stereocenters. The van der Waals surface area contributed by atoms with Crippen LogP contribution in [0.2, 0.25) is 0 Å². The van der Waals surface area contributed by atoms with Gasteiger partial charge in [0.25, 0.3) is 5.91 Å². The molecule has 1 aliphatic heterocycles. The van der Waals surface area contributed by atoms with Crippen LogP contribution >= 0.6 is 0 Å². The van der Waals surface area contributed by atoms with Gasteiger partial charge in [-0.05, 0) is 25.5 Å². The van der Waals surface area contributed by atoms with Gasteiger partial charge in [0.1, 0.15) is 5.82 Å². The quantitative estimate of drug-likeness (QED) is 0.593. The van der Waals surface area contributed by atoms with Crippen molar-refractivity contribution in [3.63, 3.8) is 0 Å². The van der Waals surface area contributed by atoms with E-state index in [9.17, 15) is 4.79 Å². The van der Waals surface area contributed by atoms with E-state index in [0.717, 1.165) is 29.8 Å². The maximum Gasteiger partial charge on any atom is 0.255 e. The van der Waals surface area contributed by atoms with E-state index in [2.05, 4.69) is 34.1 Å². The zero-order valence-corrected chi connectivity index (χ0v) is 18.7. The van der Waals surface area contributed by atoms with Crippen LogP contribution < -0.4 is 11.1 Å². The molecule has 32 heavy (non-hydrogen) atoms. The number of amides is 1. The zero-order chi connectivity index (χ0) is 22.7. The van der Waals surface area contributed by atoms with Crippen LogP contribution in [0.4, 0.5) is 5.82 Å². The number of carbonyl (C=O) groups excluding carboxylic acids is 1. The fourth-order valence-corrected chi connectivity index (χ4v) is 3.94. The average Bonchev–Trinajstić information content (AvgIpc) is 3.39. The molecule has 4 rings (SSSR count). The Kier molecular flexibility index (Phi) is 6.53. The van der Waals surface area contributed by atoms with Crippen molar-refractivity contribution in [3.05, 3.63) is 66.1 Å². The lowest BCUT2D eigenvalue weighted by Gasteiger charge is -2.21. The molecule has 1 unspecified atom stereocenters. The van der Waals surface area contributed by atoms with Gasteiger partial charge in [0.2, 0.25) is 0 Å². The highest BCUT2D eigenvalue weighted by atomic mass is 16.5. The van der Waals surface area contributed by atoms with Crippen LogP contribution in [0, 0.1) is 0 Å². The van der Waals surface area contributed by atoms with Gasteiger partial charge >= 0.3 is 0 Å². The van der Waals surface area contributed by atoms with Gasteiger partial charge in [0.15, 0.2) is 0 Å². The van der Waals surface area contributed by atoms with Crippen molar-refractivity contribution >= 4 is 11.7 Å². The summed E-state index contributed by atoms with van der Waals surface area (Å²) in [6.07, 6.45) is 5.15. The van der Waals surface area contributed by atoms with Gasteiger partial charge in [0.05, 0.1) is 30.5 Å². The molecule has 8 nitrogen and oxygen atoms in total. The van der Waals surface area contributed by atoms with Gasteiger partial charge < -0.3 is 15.8 Å². The number of anilines is 1. The number of nitrogens with two attached hydrogens (primary N) is 1. The fourth-order valence-electron chi connectivity index (χ4n) is 3.94. The maximum absolute atomic E-state index is 13.2. The summed E-state index contributed by atoms with van der Waals surface area (Å²) in [7, 11) is 1.85. The molecule has 1 saturated heterocycles. The second-order valence-corrected chi connectivity index (χ2v) is 8.52. The number of rotatable bonds is 7. The Bertz CT molecular complexity index is 1070. The maximum atomic E-state index is 13.2. The van der Waals surface area contributed by atoms with E-state index in [1.54, 1.807) is 23.1 Å². The summed E-state index contributed by atoms with van der Waals surface area (Å²) in [5.74, 6) is -0.0414. The number of aryl methyl sites for hydroxylation is 1. The summed E-state index contributed by atoms with van der Waals surface area (Å²) >= 11 is 0. The molecular weight excluding hydrogens is 404 g/mol. The number of benzene rings is 1. The van der Waals surface area contributed by atoms with Crippen LogP contribution in [0.5, 0.6) is 0 Å². The van der Waals surface area contributed by atoms with Crippen LogP contribution in [-0.2, 0) is 18.4 Å². The molecule has 3 aromatic rings. The Morgan fingerprint density at radius 2 is 2.00 bits per heavy atom. The summed E-state index contributed by atoms with van der Waals surface area (Å²) in [4.78, 5) is 19.7. The number of hydrogen-bond donors (Lipinski definition) is 2. The number of nitrogens with one attached hydrogen (secondary N) is 1. The average molecular weight is 435 g/mol. The summed E-state index contributed by atoms with van der Waals surface area (Å²) in [5.41, 5.74) is 9.20. The molecule has 3 heterocycles. The molecule has 0 bridgehead atoms. The van der Waals surface area contributed by atoms with Crippen molar-refractivity contribution in [2.75, 3.05) is 18.8 Å². The van der Waals surface area contributed by atoms with E-state index < -0.39 is 0 Å². The first-order valence-electron chi connectivity index (χ1n) is 10.9. The number of aromatic nitrogens is 3. The molecule has 2 aromatic heterocycles. The number of pyridine rings is 1. The van der Waals surface area contributed by atoms with Gasteiger partial charge in [0, 0.05) is 49.7 Å². The summed E-state index contributed by atoms with van der Waals surface area (Å²) in [5, 5.41) is 7.33. The lowest BCUT2D eigenvalue weighted by molar-refractivity contribution is 0.0300. The SMILES string of the molecule is CC(C)N1CC(NC(=O)c2cc(-c3cnn(C)c3)cnc2N)[C@@H](OCc2ccccc2)C1. The highest BCUT2D eigenvalue weighted by Gasteiger charge is 2.36. The monoisotopic (exact) mass is 434 g/mol. The fraction of sp³-hybridized carbons (Fsp3) is 0.375. The first-order valence-corrected chi connectivity index (χ1v) is 10.9. The van der Waals surface area contributed by atoms with Crippen molar-refractivity contribution in [2.24, 2.45) is 7.05 Å². The normalized spacial score (nSPS) is 18.9. The van der Waals surface area contributed by atoms with Crippen molar-refractivity contribution < 1.29 is 9.53 Å². The smallest absolute Gasteiger partial charge is 0.255 e. The van der Waals surface area contributed by atoms with E-state index in [0.29, 0.717) is 18.2 Å². The van der Waals surface area contributed by atoms with Crippen molar-refractivity contribution in [2.45, 2.75) is 38.6 Å². The second kappa shape index (κ2) is 9.50. The van der Waals surface area contributed by atoms with Crippen LogP contribution in [0.3, 0.4) is 0 Å². The number of hydrogen-bond acceptors (Lipinski definition) is 6. The molecule has 0 saturated carbocycles. The van der Waals surface area contributed by atoms with Gasteiger partial charge in [-0.3, -0.25) is 14.4 Å². The topological polar surface area (TPSA) is 98.3 Å². The second-order valence-electron chi connectivity index (χ2n) is 8.52. The van der Waals surface area contributed by atoms with E-state index in [1.165, 1.54) is 0 Å². The highest BCUT2D eigenvalue weighted by Crippen LogP contribution is 2.23. The predicted octanol–water partition coefficient (Wildman–Crippen LogP) is 2.47. The van der Waals surface area contributed by atoms with Gasteiger partial charge in [-0.15, -0.1) is 0 Å². The predicted molar refractivity (Wildman–Crippen MR) is 124 cm³/mol. The molecule has 168 valence electrons. The molecule has 0 spiro atoms. The number of likely N-dealkylation sites (tertiary alicyclic amines) is 1. The van der Waals surface area contributed by atoms with Crippen LogP contribution in [-0.4, -0.2) is 56.8 Å². The highest BCUT2D eigenvalue weighted by molar-refractivity contribution is 5.99. The molecule has 1 aliphatic rings. The third-order valence-corrected chi connectivity index (χ3v) is 5.85. The Morgan fingerprint density at radius 1 is 1.22 bits per heavy atom. The third-order valence-electron chi connectivity index (χ3n) is 5.85. The summed E-state index contributed by atoms with van der Waals surface area (Å²) < 4.78 is 7.94. The first kappa shape index (κ1) is 22.0. The number of nitrogen functional groups attached to an aromatic ring is 1. The van der Waals surface area contributed by atoms with Crippen molar-refractivity contribution in [1.82, 2.24) is 25.0 Å². The van der Waals surface area contributed by atoms with Crippen LogP contribution in [0.25, 0.3) is 11.1 Å². The lowest BCUT2D eigenvalue weighted by atomic mass is 10.1. The molecule has 8 heteroatoms. The molecule has 0 radical (unpaired) electrons. The minimum Gasteiger partial charge on any atom is -0.383 e. The number of carbonyl (C=O) groups is 1. The number of nitrogens with zero attached hydrogens (tertiary/aromatic N) is 4. The molecule has 1 aromatic carbocycles. The molecule has 3 N–H and O–H groups in total. The molecular formula is C24H30N6O2. The van der Waals surface area contributed by atoms with E-state index in [1.807, 2.05) is 43.6 Å². The lowest BCUT2D eigenvalue weighted by Crippen LogP contribution is -2.44. The zero-order valence-electron chi connectivity index (χ0n) is 18.7. The first-order chi connectivity index (χ1) is 15.4. The number of ether oxygens (including phenoxy) is 1. The van der Waals surface area contributed by atoms with Crippen molar-refractivity contribution in [3.8, 4) is 11.1 Å². The molecule has 1 amide bonds. The van der Waals surface area contributed by atoms with Gasteiger partial charge in [-0.2, -0.15) is 5.10 Å². The van der Waals surface area contributed by atoms with Crippen molar-refractivity contribution in [1.29, 1.82) is 0 Å². The Morgan fingerprint density at radius 3 is 2.69 bits per heavy atom. The minimum atomic E-state index is -0.246. The Labute approximate surface area is 188 Å². The Balaban J connectivity index is 1.49. The molecule has 0 aliphatic carbocycles. The molecule has 1 fully saturated rings. The van der Waals surface area contributed by atoms with E-state index in [-0.39, 0.29) is 23.9 Å². The van der Waals surface area contributed by atoms with Crippen LogP contribution in [0.15, 0.2) is 55.0 Å². The van der Waals surface area contributed by atoms with E-state index >= 15 is 0 Å². The van der Waals surface area contributed by atoms with E-state index in [4.69, 9.17) is 10.5 Å². The summed E-state index contributed by atoms with van der Waals surface area (Å²) in [6.45, 7) is 6.29. The van der Waals surface area contributed by atoms with Gasteiger partial charge in [-0.1, -0.05) is 30.3 Å². The Hall–Kier alpha value is -3.23. The largest absolute Gasteiger partial charge is 0.383 e. The van der Waals surface area contributed by atoms with Crippen LogP contribution in [0.1, 0.15) is 29.8 Å². The standard InChI is InChI=1S/C24H30N6O2/c1-16(2)30-13-21(22(14-30)32-15-17-7-5-4-6-8-17)28-24(31)20-9-18(10-26-23(20)25)19-11-27-29(3)12-19/h4-12,16,21-22H,13-15H2,1-3H3,(H2,25,26)(H,28,31)/t21?,22-/m0/s1. The minimum absolute atomic E-state index is 0.114. The summed E-state index contributed by atoms with van der Waals surface area (Å²) in [6, 6.07) is 12.0.